The van der Waals surface area contributed by atoms with Crippen molar-refractivity contribution in [1.29, 1.82) is 0 Å². The van der Waals surface area contributed by atoms with Crippen LogP contribution in [0.5, 0.6) is 0 Å². The molecule has 1 fully saturated rings. The fourth-order valence-corrected chi connectivity index (χ4v) is 2.78. The van der Waals surface area contributed by atoms with Gasteiger partial charge in [-0.1, -0.05) is 12.2 Å². The molecule has 0 spiro atoms. The molecule has 3 unspecified atom stereocenters. The summed E-state index contributed by atoms with van der Waals surface area (Å²) in [6.45, 7) is 0.137. The molecular weight excluding hydrogens is 216 g/mol. The number of amides is 1. The quantitative estimate of drug-likeness (QED) is 0.752. The number of nitrogens with one attached hydrogen (secondary N) is 1. The van der Waals surface area contributed by atoms with Crippen LogP contribution in [0.15, 0.2) is 24.5 Å². The van der Waals surface area contributed by atoms with E-state index in [1.165, 1.54) is 12.8 Å². The van der Waals surface area contributed by atoms with E-state index in [0.29, 0.717) is 12.0 Å². The summed E-state index contributed by atoms with van der Waals surface area (Å²) < 4.78 is 1.56. The molecule has 0 saturated heterocycles. The summed E-state index contributed by atoms with van der Waals surface area (Å²) in [6.07, 6.45) is 10.6. The number of anilines is 1. The second-order valence-electron chi connectivity index (χ2n) is 4.88. The Kier molecular flexibility index (Phi) is 2.39. The average molecular weight is 232 g/mol. The summed E-state index contributed by atoms with van der Waals surface area (Å²) >= 11 is 0. The largest absolute Gasteiger partial charge is 0.379 e. The van der Waals surface area contributed by atoms with Crippen molar-refractivity contribution < 1.29 is 4.79 Å². The van der Waals surface area contributed by atoms with Crippen molar-refractivity contribution in [2.45, 2.75) is 25.4 Å². The topological polar surface area (TPSA) is 72.9 Å². The first kappa shape index (κ1) is 10.4. The van der Waals surface area contributed by atoms with Crippen LogP contribution in [-0.4, -0.2) is 21.7 Å². The Bertz CT molecular complexity index is 465. The van der Waals surface area contributed by atoms with Crippen LogP contribution >= 0.6 is 0 Å². The van der Waals surface area contributed by atoms with Gasteiger partial charge in [-0.05, 0) is 18.8 Å². The molecule has 0 aromatic carbocycles. The molecule has 5 nitrogen and oxygen atoms in total. The molecule has 0 aliphatic heterocycles. The van der Waals surface area contributed by atoms with Gasteiger partial charge in [0.25, 0.3) is 0 Å². The standard InChI is InChI=1S/C12H16N4O/c13-12(17)7-16-6-9(5-14-16)15-11-4-8-2-1-3-10(8)11/h1,3,5-6,8,10-11,15H,2,4,7H2,(H2,13,17). The number of allylic oxidation sites excluding steroid dienone is 1. The van der Waals surface area contributed by atoms with Gasteiger partial charge in [0.1, 0.15) is 6.54 Å². The first-order chi connectivity index (χ1) is 8.22. The Balaban J connectivity index is 1.60. The van der Waals surface area contributed by atoms with E-state index in [9.17, 15) is 4.79 Å². The molecule has 0 bridgehead atoms. The van der Waals surface area contributed by atoms with Gasteiger partial charge < -0.3 is 11.1 Å². The van der Waals surface area contributed by atoms with Crippen LogP contribution < -0.4 is 11.1 Å². The van der Waals surface area contributed by atoms with Gasteiger partial charge in [-0.3, -0.25) is 9.48 Å². The molecule has 90 valence electrons. The van der Waals surface area contributed by atoms with Gasteiger partial charge in [0.15, 0.2) is 0 Å². The molecule has 1 heterocycles. The lowest BCUT2D eigenvalue weighted by atomic mass is 9.71. The van der Waals surface area contributed by atoms with Crippen LogP contribution in [0.25, 0.3) is 0 Å². The van der Waals surface area contributed by atoms with Gasteiger partial charge in [-0.15, -0.1) is 0 Å². The van der Waals surface area contributed by atoms with Crippen molar-refractivity contribution in [1.82, 2.24) is 9.78 Å². The molecule has 5 heteroatoms. The van der Waals surface area contributed by atoms with Crippen LogP contribution in [-0.2, 0) is 11.3 Å². The van der Waals surface area contributed by atoms with E-state index in [1.54, 1.807) is 10.9 Å². The van der Waals surface area contributed by atoms with E-state index >= 15 is 0 Å². The highest BCUT2D eigenvalue weighted by molar-refractivity contribution is 5.73. The van der Waals surface area contributed by atoms with Crippen LogP contribution in [0.1, 0.15) is 12.8 Å². The van der Waals surface area contributed by atoms with Crippen molar-refractivity contribution in [3.05, 3.63) is 24.5 Å². The molecule has 1 saturated carbocycles. The number of carbonyl (C=O) groups excluding carboxylic acids is 1. The second-order valence-corrected chi connectivity index (χ2v) is 4.88. The lowest BCUT2D eigenvalue weighted by Crippen LogP contribution is -2.43. The predicted octanol–water partition coefficient (Wildman–Crippen LogP) is 0.745. The lowest BCUT2D eigenvalue weighted by Gasteiger charge is -2.40. The van der Waals surface area contributed by atoms with E-state index in [0.717, 1.165) is 11.6 Å². The summed E-state index contributed by atoms with van der Waals surface area (Å²) in [6, 6.07) is 0.518. The van der Waals surface area contributed by atoms with Crippen molar-refractivity contribution >= 4 is 11.6 Å². The van der Waals surface area contributed by atoms with E-state index in [-0.39, 0.29) is 12.5 Å². The van der Waals surface area contributed by atoms with Gasteiger partial charge in [0.05, 0.1) is 11.9 Å². The van der Waals surface area contributed by atoms with Gasteiger partial charge in [-0.25, -0.2) is 0 Å². The van der Waals surface area contributed by atoms with Crippen molar-refractivity contribution in [3.8, 4) is 0 Å². The molecule has 3 rings (SSSR count). The third kappa shape index (κ3) is 1.92. The highest BCUT2D eigenvalue weighted by atomic mass is 16.1. The van der Waals surface area contributed by atoms with Crippen LogP contribution in [0, 0.1) is 11.8 Å². The van der Waals surface area contributed by atoms with Gasteiger partial charge >= 0.3 is 0 Å². The molecule has 1 aromatic rings. The molecule has 1 amide bonds. The van der Waals surface area contributed by atoms with Crippen molar-refractivity contribution in [2.75, 3.05) is 5.32 Å². The maximum absolute atomic E-state index is 10.7. The third-order valence-corrected chi connectivity index (χ3v) is 3.67. The number of carbonyl (C=O) groups is 1. The van der Waals surface area contributed by atoms with E-state index < -0.39 is 0 Å². The Morgan fingerprint density at radius 2 is 2.53 bits per heavy atom. The number of nitrogens with two attached hydrogens (primary N) is 1. The molecule has 2 aliphatic rings. The van der Waals surface area contributed by atoms with Gasteiger partial charge in [0, 0.05) is 18.2 Å². The fourth-order valence-electron chi connectivity index (χ4n) is 2.78. The number of nitrogens with zero attached hydrogens (tertiary/aromatic N) is 2. The number of primary amides is 1. The zero-order valence-electron chi connectivity index (χ0n) is 9.54. The third-order valence-electron chi connectivity index (χ3n) is 3.67. The minimum absolute atomic E-state index is 0.137. The first-order valence-corrected chi connectivity index (χ1v) is 5.96. The van der Waals surface area contributed by atoms with Crippen LogP contribution in [0.3, 0.4) is 0 Å². The number of aromatic nitrogens is 2. The Hall–Kier alpha value is -1.78. The van der Waals surface area contributed by atoms with Gasteiger partial charge in [-0.2, -0.15) is 5.10 Å². The van der Waals surface area contributed by atoms with Crippen LogP contribution in [0.2, 0.25) is 0 Å². The minimum atomic E-state index is -0.373. The lowest BCUT2D eigenvalue weighted by molar-refractivity contribution is -0.118. The Morgan fingerprint density at radius 3 is 3.29 bits per heavy atom. The van der Waals surface area contributed by atoms with Gasteiger partial charge in [0.2, 0.25) is 5.91 Å². The minimum Gasteiger partial charge on any atom is -0.379 e. The van der Waals surface area contributed by atoms with E-state index in [2.05, 4.69) is 22.6 Å². The maximum Gasteiger partial charge on any atom is 0.239 e. The smallest absolute Gasteiger partial charge is 0.239 e. The zero-order valence-corrected chi connectivity index (χ0v) is 9.54. The molecular formula is C12H16N4O. The van der Waals surface area contributed by atoms with E-state index in [1.807, 2.05) is 6.20 Å². The monoisotopic (exact) mass is 232 g/mol. The molecule has 3 atom stereocenters. The Labute approximate surface area is 99.7 Å². The Morgan fingerprint density at radius 1 is 1.65 bits per heavy atom. The van der Waals surface area contributed by atoms with Crippen molar-refractivity contribution in [2.24, 2.45) is 17.6 Å². The SMILES string of the molecule is NC(=O)Cn1cc(NC2CC3CC=CC32)cn1. The molecule has 3 N–H and O–H groups in total. The highest BCUT2D eigenvalue weighted by Gasteiger charge is 2.40. The fraction of sp³-hybridized carbons (Fsp3) is 0.500. The summed E-state index contributed by atoms with van der Waals surface area (Å²) in [5.41, 5.74) is 6.08. The average Bonchev–Trinajstić information content (AvgIpc) is 2.81. The predicted molar refractivity (Wildman–Crippen MR) is 64.2 cm³/mol. The molecule has 1 aromatic heterocycles. The number of fused-ring (bicyclic) bond motifs is 1. The number of hydrogen-bond donors (Lipinski definition) is 2. The van der Waals surface area contributed by atoms with Crippen molar-refractivity contribution in [3.63, 3.8) is 0 Å². The zero-order chi connectivity index (χ0) is 11.8. The maximum atomic E-state index is 10.7. The number of hydrogen-bond acceptors (Lipinski definition) is 3. The summed E-state index contributed by atoms with van der Waals surface area (Å²) in [5.74, 6) is 1.14. The van der Waals surface area contributed by atoms with Crippen LogP contribution in [0.4, 0.5) is 5.69 Å². The summed E-state index contributed by atoms with van der Waals surface area (Å²) in [7, 11) is 0. The molecule has 2 aliphatic carbocycles. The summed E-state index contributed by atoms with van der Waals surface area (Å²) in [4.78, 5) is 10.7. The number of rotatable bonds is 4. The first-order valence-electron chi connectivity index (χ1n) is 5.96. The summed E-state index contributed by atoms with van der Waals surface area (Å²) in [5, 5.41) is 7.55. The molecule has 17 heavy (non-hydrogen) atoms. The highest BCUT2D eigenvalue weighted by Crippen LogP contribution is 2.43. The van der Waals surface area contributed by atoms with E-state index in [4.69, 9.17) is 5.73 Å². The second kappa shape index (κ2) is 3.91. The molecule has 0 radical (unpaired) electrons. The normalized spacial score (nSPS) is 29.8.